The number of Topliss-reactive ketones (excluding diaryl/α,β-unsaturated/α-hetero) is 1. The Hall–Kier alpha value is -3.24. The Labute approximate surface area is 255 Å². The van der Waals surface area contributed by atoms with Crippen molar-refractivity contribution < 1.29 is 32.9 Å². The van der Waals surface area contributed by atoms with E-state index in [1.54, 1.807) is 31.2 Å². The van der Waals surface area contributed by atoms with Gasteiger partial charge in [-0.15, -0.1) is 0 Å². The summed E-state index contributed by atoms with van der Waals surface area (Å²) >= 11 is 0. The maximum Gasteiger partial charge on any atom is 0.243 e. The molecule has 0 saturated carbocycles. The van der Waals surface area contributed by atoms with Gasteiger partial charge >= 0.3 is 0 Å². The quantitative estimate of drug-likeness (QED) is 0.224. The van der Waals surface area contributed by atoms with E-state index < -0.39 is 28.3 Å². The number of aromatic hydroxyl groups is 1. The molecule has 1 fully saturated rings. The van der Waals surface area contributed by atoms with E-state index in [0.29, 0.717) is 29.9 Å². The molecule has 1 aliphatic heterocycles. The van der Waals surface area contributed by atoms with E-state index in [1.807, 2.05) is 44.2 Å². The van der Waals surface area contributed by atoms with Crippen molar-refractivity contribution in [2.45, 2.75) is 70.2 Å². The minimum absolute atomic E-state index is 0.0128. The lowest BCUT2D eigenvalue weighted by Gasteiger charge is -2.30. The molecule has 0 aliphatic carbocycles. The summed E-state index contributed by atoms with van der Waals surface area (Å²) in [6.07, 6.45) is 1.53. The summed E-state index contributed by atoms with van der Waals surface area (Å²) in [5.41, 5.74) is 1.79. The molecule has 43 heavy (non-hydrogen) atoms. The fourth-order valence-electron chi connectivity index (χ4n) is 5.38. The number of hydrogen-bond donors (Lipinski definition) is 2. The third-order valence-corrected chi connectivity index (χ3v) is 9.57. The SMILES string of the molecule is Cc1c(O)cccc1C(=O)C[C@@H](Cc1ccccc1)[C@H](O)CN(CC(C)C)S(=O)(=O)c1cccc(OC2CCCCO2)c1. The lowest BCUT2D eigenvalue weighted by Crippen LogP contribution is -2.43. The molecule has 0 bridgehead atoms. The van der Waals surface area contributed by atoms with Crippen LogP contribution in [0.15, 0.2) is 77.7 Å². The van der Waals surface area contributed by atoms with Crippen molar-refractivity contribution in [3.63, 3.8) is 0 Å². The molecule has 3 aromatic rings. The molecule has 1 aliphatic rings. The molecule has 0 amide bonds. The van der Waals surface area contributed by atoms with Crippen LogP contribution >= 0.6 is 0 Å². The van der Waals surface area contributed by atoms with Crippen molar-refractivity contribution >= 4 is 15.8 Å². The lowest BCUT2D eigenvalue weighted by molar-refractivity contribution is -0.106. The Morgan fingerprint density at radius 1 is 1.02 bits per heavy atom. The molecule has 2 N–H and O–H groups in total. The highest BCUT2D eigenvalue weighted by atomic mass is 32.2. The highest BCUT2D eigenvalue weighted by Crippen LogP contribution is 2.28. The first kappa shape index (κ1) is 32.7. The number of benzene rings is 3. The fourth-order valence-corrected chi connectivity index (χ4v) is 7.04. The molecule has 8 nitrogen and oxygen atoms in total. The first-order chi connectivity index (χ1) is 20.5. The van der Waals surface area contributed by atoms with Gasteiger partial charge in [-0.05, 0) is 61.8 Å². The zero-order valence-corrected chi connectivity index (χ0v) is 26.0. The smallest absolute Gasteiger partial charge is 0.243 e. The van der Waals surface area contributed by atoms with Gasteiger partial charge in [-0.1, -0.05) is 62.4 Å². The highest BCUT2D eigenvalue weighted by Gasteiger charge is 2.32. The average molecular weight is 610 g/mol. The number of nitrogens with zero attached hydrogens (tertiary/aromatic N) is 1. The van der Waals surface area contributed by atoms with E-state index in [4.69, 9.17) is 9.47 Å². The standard InChI is InChI=1S/C34H43NO7S/c1-24(2)22-35(43(39,40)29-14-9-13-28(21-29)42-34-17-7-8-18-41-34)23-33(38)27(19-26-11-5-4-6-12-26)20-32(37)30-15-10-16-31(36)25(30)3/h4-6,9-16,21,24,27,33-34,36,38H,7-8,17-20,22-23H2,1-3H3/t27-,33-,34?/m1/s1. The van der Waals surface area contributed by atoms with Crippen LogP contribution in [0.4, 0.5) is 0 Å². The second kappa shape index (κ2) is 15.0. The number of ketones is 1. The Morgan fingerprint density at radius 3 is 2.47 bits per heavy atom. The summed E-state index contributed by atoms with van der Waals surface area (Å²) in [5.74, 6) is -0.365. The summed E-state index contributed by atoms with van der Waals surface area (Å²) in [4.78, 5) is 13.5. The zero-order chi connectivity index (χ0) is 31.0. The third-order valence-electron chi connectivity index (χ3n) is 7.75. The van der Waals surface area contributed by atoms with Crippen molar-refractivity contribution in [2.24, 2.45) is 11.8 Å². The summed E-state index contributed by atoms with van der Waals surface area (Å²) in [5, 5.41) is 21.8. The van der Waals surface area contributed by atoms with Gasteiger partial charge in [0.05, 0.1) is 17.6 Å². The van der Waals surface area contributed by atoms with Crippen molar-refractivity contribution in [2.75, 3.05) is 19.7 Å². The molecule has 232 valence electrons. The van der Waals surface area contributed by atoms with Crippen molar-refractivity contribution in [1.82, 2.24) is 4.31 Å². The molecule has 0 aromatic heterocycles. The molecular formula is C34H43NO7S. The van der Waals surface area contributed by atoms with E-state index in [9.17, 15) is 23.4 Å². The molecule has 0 spiro atoms. The molecule has 1 unspecified atom stereocenters. The number of ether oxygens (including phenoxy) is 2. The van der Waals surface area contributed by atoms with Crippen LogP contribution in [0.3, 0.4) is 0 Å². The predicted octanol–water partition coefficient (Wildman–Crippen LogP) is 5.75. The Bertz CT molecular complexity index is 1450. The number of hydrogen-bond acceptors (Lipinski definition) is 7. The van der Waals surface area contributed by atoms with Crippen LogP contribution in [-0.2, 0) is 21.2 Å². The number of carbonyl (C=O) groups is 1. The molecular weight excluding hydrogens is 566 g/mol. The third kappa shape index (κ3) is 8.89. The minimum Gasteiger partial charge on any atom is -0.508 e. The number of carbonyl (C=O) groups excluding carboxylic acids is 1. The Kier molecular flexibility index (Phi) is 11.4. The Balaban J connectivity index is 1.58. The monoisotopic (exact) mass is 609 g/mol. The van der Waals surface area contributed by atoms with Crippen LogP contribution in [0.1, 0.15) is 61.0 Å². The number of sulfonamides is 1. The van der Waals surface area contributed by atoms with Crippen LogP contribution < -0.4 is 4.74 Å². The summed E-state index contributed by atoms with van der Waals surface area (Å²) in [6, 6.07) is 20.7. The number of phenols is 1. The minimum atomic E-state index is -4.02. The molecule has 0 radical (unpaired) electrons. The first-order valence-corrected chi connectivity index (χ1v) is 16.4. The summed E-state index contributed by atoms with van der Waals surface area (Å²) in [6.45, 7) is 6.14. The number of phenolic OH excluding ortho intramolecular Hbond substituents is 1. The number of rotatable bonds is 14. The maximum absolute atomic E-state index is 14.0. The molecule has 3 atom stereocenters. The largest absolute Gasteiger partial charge is 0.508 e. The molecule has 9 heteroatoms. The van der Waals surface area contributed by atoms with Gasteiger partial charge < -0.3 is 19.7 Å². The normalized spacial score (nSPS) is 17.1. The maximum atomic E-state index is 14.0. The molecule has 1 saturated heterocycles. The van der Waals surface area contributed by atoms with Crippen LogP contribution in [0.5, 0.6) is 11.5 Å². The lowest BCUT2D eigenvalue weighted by atomic mass is 9.87. The first-order valence-electron chi connectivity index (χ1n) is 15.0. The van der Waals surface area contributed by atoms with Crippen molar-refractivity contribution in [3.05, 3.63) is 89.5 Å². The fraction of sp³-hybridized carbons (Fsp3) is 0.441. The van der Waals surface area contributed by atoms with Crippen molar-refractivity contribution in [3.8, 4) is 11.5 Å². The van der Waals surface area contributed by atoms with Gasteiger partial charge in [-0.25, -0.2) is 8.42 Å². The van der Waals surface area contributed by atoms with Gasteiger partial charge in [-0.3, -0.25) is 4.79 Å². The van der Waals surface area contributed by atoms with Gasteiger partial charge in [-0.2, -0.15) is 4.31 Å². The van der Waals surface area contributed by atoms with Gasteiger partial charge in [0.2, 0.25) is 10.0 Å². The van der Waals surface area contributed by atoms with E-state index >= 15 is 0 Å². The van der Waals surface area contributed by atoms with Crippen LogP contribution in [0, 0.1) is 18.8 Å². The van der Waals surface area contributed by atoms with E-state index in [1.165, 1.54) is 22.5 Å². The molecule has 3 aromatic carbocycles. The zero-order valence-electron chi connectivity index (χ0n) is 25.2. The van der Waals surface area contributed by atoms with Gasteiger partial charge in [0.1, 0.15) is 11.5 Å². The van der Waals surface area contributed by atoms with Crippen LogP contribution in [-0.4, -0.2) is 60.8 Å². The van der Waals surface area contributed by atoms with E-state index in [2.05, 4.69) is 0 Å². The topological polar surface area (TPSA) is 113 Å². The van der Waals surface area contributed by atoms with Crippen LogP contribution in [0.2, 0.25) is 0 Å². The Morgan fingerprint density at radius 2 is 1.77 bits per heavy atom. The van der Waals surface area contributed by atoms with E-state index in [0.717, 1.165) is 24.8 Å². The number of aliphatic hydroxyl groups excluding tert-OH is 1. The summed E-state index contributed by atoms with van der Waals surface area (Å²) < 4.78 is 40.9. The van der Waals surface area contributed by atoms with Gasteiger partial charge in [0.15, 0.2) is 12.1 Å². The number of aliphatic hydroxyl groups is 1. The second-order valence-electron chi connectivity index (χ2n) is 11.7. The highest BCUT2D eigenvalue weighted by molar-refractivity contribution is 7.89. The summed E-state index contributed by atoms with van der Waals surface area (Å²) in [7, 11) is -4.02. The molecule has 4 rings (SSSR count). The van der Waals surface area contributed by atoms with E-state index in [-0.39, 0.29) is 41.9 Å². The average Bonchev–Trinajstić information content (AvgIpc) is 2.98. The predicted molar refractivity (Wildman–Crippen MR) is 166 cm³/mol. The van der Waals surface area contributed by atoms with Crippen molar-refractivity contribution in [1.29, 1.82) is 0 Å². The van der Waals surface area contributed by atoms with Gasteiger partial charge in [0.25, 0.3) is 0 Å². The van der Waals surface area contributed by atoms with Gasteiger partial charge in [0, 0.05) is 43.1 Å². The molecule has 1 heterocycles. The second-order valence-corrected chi connectivity index (χ2v) is 13.6. The van der Waals surface area contributed by atoms with Crippen LogP contribution in [0.25, 0.3) is 0 Å².